The van der Waals surface area contributed by atoms with Crippen LogP contribution in [-0.2, 0) is 14.8 Å². The molecule has 4 N–H and O–H groups in total. The van der Waals surface area contributed by atoms with Gasteiger partial charge in [0.15, 0.2) is 0 Å². The van der Waals surface area contributed by atoms with Crippen LogP contribution in [0.15, 0.2) is 63.3 Å². The van der Waals surface area contributed by atoms with Crippen molar-refractivity contribution in [1.29, 1.82) is 0 Å². The summed E-state index contributed by atoms with van der Waals surface area (Å²) in [6.45, 7) is 0.408. The molecule has 0 fully saturated rings. The lowest BCUT2D eigenvalue weighted by Gasteiger charge is -2.15. The average Bonchev–Trinajstić information content (AvgIpc) is 2.53. The zero-order valence-electron chi connectivity index (χ0n) is 12.8. The maximum absolute atomic E-state index is 11.2. The van der Waals surface area contributed by atoms with Crippen LogP contribution in [-0.4, -0.2) is 32.1 Å². The van der Waals surface area contributed by atoms with Crippen molar-refractivity contribution in [3.63, 3.8) is 0 Å². The number of sulfonamides is 1. The maximum Gasteiger partial charge on any atom is 0.304 e. The van der Waals surface area contributed by atoms with Gasteiger partial charge in [0.05, 0.1) is 22.7 Å². The smallest absolute Gasteiger partial charge is 0.304 e. The first-order valence-corrected chi connectivity index (χ1v) is 8.77. The number of nitrogens with one attached hydrogen (secondary N) is 1. The molecular formula is C15H18N4O4S. The molecule has 1 aromatic rings. The predicted molar refractivity (Wildman–Crippen MR) is 88.2 cm³/mol. The third kappa shape index (κ3) is 5.69. The Morgan fingerprint density at radius 1 is 1.29 bits per heavy atom. The predicted octanol–water partition coefficient (Wildman–Crippen LogP) is 1.69. The molecule has 0 amide bonds. The van der Waals surface area contributed by atoms with E-state index in [1.54, 1.807) is 6.08 Å². The van der Waals surface area contributed by atoms with Gasteiger partial charge in [-0.2, -0.15) is 10.2 Å². The molecule has 8 nitrogen and oxygen atoms in total. The minimum absolute atomic E-state index is 0.0218. The van der Waals surface area contributed by atoms with Crippen LogP contribution in [0, 0.1) is 0 Å². The Kier molecular flexibility index (Phi) is 5.96. The van der Waals surface area contributed by atoms with E-state index < -0.39 is 16.0 Å². The molecule has 2 rings (SSSR count). The molecule has 1 aliphatic rings. The van der Waals surface area contributed by atoms with E-state index in [9.17, 15) is 13.2 Å². The number of carboxylic acids is 1. The Morgan fingerprint density at radius 3 is 2.54 bits per heavy atom. The number of carbonyl (C=O) groups is 1. The number of hydrogen-bond acceptors (Lipinski definition) is 6. The number of primary sulfonamides is 1. The van der Waals surface area contributed by atoms with Crippen LogP contribution in [0.25, 0.3) is 0 Å². The summed E-state index contributed by atoms with van der Waals surface area (Å²) in [5.41, 5.74) is 1.19. The van der Waals surface area contributed by atoms with Crippen molar-refractivity contribution >= 4 is 21.7 Å². The zero-order chi connectivity index (χ0) is 17.6. The lowest BCUT2D eigenvalue weighted by Crippen LogP contribution is -2.29. The first-order valence-electron chi connectivity index (χ1n) is 7.23. The molecule has 0 spiro atoms. The molecule has 1 unspecified atom stereocenters. The molecule has 128 valence electrons. The van der Waals surface area contributed by atoms with Gasteiger partial charge >= 0.3 is 5.97 Å². The number of aliphatic carboxylic acids is 1. The first-order chi connectivity index (χ1) is 11.3. The fraction of sp³-hybridized carbons (Fsp3) is 0.267. The molecule has 0 radical (unpaired) electrons. The normalized spacial score (nSPS) is 17.9. The van der Waals surface area contributed by atoms with Crippen LogP contribution in [0.5, 0.6) is 0 Å². The number of nitrogens with zero attached hydrogens (tertiary/aromatic N) is 2. The summed E-state index contributed by atoms with van der Waals surface area (Å²) in [4.78, 5) is 10.5. The molecule has 1 aliphatic carbocycles. The Morgan fingerprint density at radius 2 is 2.00 bits per heavy atom. The Labute approximate surface area is 139 Å². The van der Waals surface area contributed by atoms with Crippen molar-refractivity contribution in [3.05, 3.63) is 48.2 Å². The fourth-order valence-electron chi connectivity index (χ4n) is 2.02. The molecule has 0 saturated carbocycles. The molecule has 1 aromatic carbocycles. The second kappa shape index (κ2) is 7.95. The van der Waals surface area contributed by atoms with Crippen molar-refractivity contribution in [2.75, 3.05) is 6.54 Å². The van der Waals surface area contributed by atoms with Gasteiger partial charge in [-0.3, -0.25) is 4.79 Å². The summed E-state index contributed by atoms with van der Waals surface area (Å²) in [5.74, 6) is -0.833. The third-order valence-electron chi connectivity index (χ3n) is 3.27. The molecule has 0 aromatic heterocycles. The fourth-order valence-corrected chi connectivity index (χ4v) is 2.53. The van der Waals surface area contributed by atoms with E-state index in [1.165, 1.54) is 24.3 Å². The molecular weight excluding hydrogens is 332 g/mol. The van der Waals surface area contributed by atoms with E-state index in [0.717, 1.165) is 0 Å². The summed E-state index contributed by atoms with van der Waals surface area (Å²) in [6, 6.07) is 5.87. The minimum atomic E-state index is -3.71. The summed E-state index contributed by atoms with van der Waals surface area (Å²) >= 11 is 0. The van der Waals surface area contributed by atoms with Crippen LogP contribution in [0.4, 0.5) is 5.69 Å². The van der Waals surface area contributed by atoms with Gasteiger partial charge in [0.25, 0.3) is 0 Å². The SMILES string of the molecule is NS(=O)(=O)c1ccc(N=NC2=CCC(NCCC(=O)O)C=C2)cc1. The third-order valence-corrected chi connectivity index (χ3v) is 4.20. The van der Waals surface area contributed by atoms with E-state index in [2.05, 4.69) is 15.5 Å². The molecule has 1 atom stereocenters. The Hall–Kier alpha value is -2.36. The van der Waals surface area contributed by atoms with Gasteiger partial charge in [0.1, 0.15) is 0 Å². The lowest BCUT2D eigenvalue weighted by molar-refractivity contribution is -0.136. The van der Waals surface area contributed by atoms with E-state index in [1.807, 2.05) is 12.2 Å². The molecule has 24 heavy (non-hydrogen) atoms. The molecule has 0 aliphatic heterocycles. The second-order valence-corrected chi connectivity index (χ2v) is 6.73. The molecule has 9 heteroatoms. The Balaban J connectivity index is 1.88. The summed E-state index contributed by atoms with van der Waals surface area (Å²) in [5, 5.41) is 24.8. The summed E-state index contributed by atoms with van der Waals surface area (Å²) in [7, 11) is -3.71. The largest absolute Gasteiger partial charge is 0.481 e. The highest BCUT2D eigenvalue weighted by Crippen LogP contribution is 2.19. The van der Waals surface area contributed by atoms with E-state index in [0.29, 0.717) is 24.4 Å². The topological polar surface area (TPSA) is 134 Å². The number of rotatable bonds is 7. The van der Waals surface area contributed by atoms with Crippen LogP contribution >= 0.6 is 0 Å². The number of azo groups is 1. The number of benzene rings is 1. The molecule has 0 bridgehead atoms. The Bertz CT molecular complexity index is 782. The van der Waals surface area contributed by atoms with Gasteiger partial charge in [-0.25, -0.2) is 13.6 Å². The van der Waals surface area contributed by atoms with Crippen molar-refractivity contribution in [2.45, 2.75) is 23.8 Å². The van der Waals surface area contributed by atoms with E-state index in [-0.39, 0.29) is 17.4 Å². The van der Waals surface area contributed by atoms with Crippen molar-refractivity contribution < 1.29 is 18.3 Å². The van der Waals surface area contributed by atoms with Gasteiger partial charge in [0.2, 0.25) is 10.0 Å². The lowest BCUT2D eigenvalue weighted by atomic mass is 10.1. The standard InChI is InChI=1S/C15H18N4O4S/c16-24(22,23)14-7-5-13(6-8-14)19-18-12-3-1-11(2-4-12)17-10-9-15(20)21/h1,3-8,11,17H,2,9-10H2,(H,20,21)(H2,16,22,23). The monoisotopic (exact) mass is 350 g/mol. The summed E-state index contributed by atoms with van der Waals surface area (Å²) < 4.78 is 22.3. The zero-order valence-corrected chi connectivity index (χ0v) is 13.6. The van der Waals surface area contributed by atoms with Gasteiger partial charge in [-0.05, 0) is 36.8 Å². The van der Waals surface area contributed by atoms with E-state index >= 15 is 0 Å². The van der Waals surface area contributed by atoms with Crippen LogP contribution in [0.1, 0.15) is 12.8 Å². The van der Waals surface area contributed by atoms with Gasteiger partial charge in [0, 0.05) is 12.6 Å². The van der Waals surface area contributed by atoms with Crippen LogP contribution in [0.2, 0.25) is 0 Å². The number of hydrogen-bond donors (Lipinski definition) is 3. The quantitative estimate of drug-likeness (QED) is 0.643. The van der Waals surface area contributed by atoms with Crippen LogP contribution < -0.4 is 10.5 Å². The molecule has 0 heterocycles. The minimum Gasteiger partial charge on any atom is -0.481 e. The van der Waals surface area contributed by atoms with Gasteiger partial charge < -0.3 is 10.4 Å². The average molecular weight is 350 g/mol. The van der Waals surface area contributed by atoms with Crippen LogP contribution in [0.3, 0.4) is 0 Å². The number of allylic oxidation sites excluding steroid dienone is 1. The maximum atomic E-state index is 11.2. The highest BCUT2D eigenvalue weighted by molar-refractivity contribution is 7.89. The highest BCUT2D eigenvalue weighted by Gasteiger charge is 2.09. The summed E-state index contributed by atoms with van der Waals surface area (Å²) in [6.07, 6.45) is 6.36. The highest BCUT2D eigenvalue weighted by atomic mass is 32.2. The van der Waals surface area contributed by atoms with Crippen molar-refractivity contribution in [2.24, 2.45) is 15.4 Å². The van der Waals surface area contributed by atoms with Gasteiger partial charge in [-0.15, -0.1) is 0 Å². The van der Waals surface area contributed by atoms with E-state index in [4.69, 9.17) is 10.2 Å². The number of nitrogens with two attached hydrogens (primary N) is 1. The second-order valence-electron chi connectivity index (χ2n) is 5.17. The number of carboxylic acid groups (broad SMARTS) is 1. The van der Waals surface area contributed by atoms with Gasteiger partial charge in [-0.1, -0.05) is 12.2 Å². The first kappa shape index (κ1) is 18.0. The van der Waals surface area contributed by atoms with Crippen molar-refractivity contribution in [3.8, 4) is 0 Å². The van der Waals surface area contributed by atoms with Crippen molar-refractivity contribution in [1.82, 2.24) is 5.32 Å². The molecule has 0 saturated heterocycles.